The zero-order chi connectivity index (χ0) is 37.7. The van der Waals surface area contributed by atoms with Crippen LogP contribution in [0.2, 0.25) is 0 Å². The van der Waals surface area contributed by atoms with Gasteiger partial charge >= 0.3 is 0 Å². The van der Waals surface area contributed by atoms with Crippen LogP contribution in [0.25, 0.3) is 6.08 Å². The van der Waals surface area contributed by atoms with E-state index in [1.165, 1.54) is 247 Å². The van der Waals surface area contributed by atoms with Crippen molar-refractivity contribution in [2.45, 2.75) is 224 Å². The minimum atomic E-state index is -4.31. The Bertz CT molecular complexity index is 935. The summed E-state index contributed by atoms with van der Waals surface area (Å²) in [6.07, 6.45) is 48.5. The third-order valence-electron chi connectivity index (χ3n) is 10.6. The van der Waals surface area contributed by atoms with E-state index in [4.69, 9.17) is 0 Å². The van der Waals surface area contributed by atoms with Crippen LogP contribution in [0.5, 0.6) is 0 Å². The summed E-state index contributed by atoms with van der Waals surface area (Å²) in [5.74, 6) is 0. The first kappa shape index (κ1) is 49.8. The minimum Gasteiger partial charge on any atom is -0.744 e. The Morgan fingerprint density at radius 3 is 0.922 bits per heavy atom. The van der Waals surface area contributed by atoms with Crippen molar-refractivity contribution in [1.82, 2.24) is 0 Å². The molecule has 1 rings (SSSR count). The van der Waals surface area contributed by atoms with Crippen LogP contribution in [-0.4, -0.2) is 44.6 Å². The molecule has 5 heteroatoms. The maximum atomic E-state index is 10.5. The molecule has 1 aromatic rings. The molecule has 0 N–H and O–H groups in total. The van der Waals surface area contributed by atoms with Gasteiger partial charge < -0.3 is 9.04 Å². The predicted octanol–water partition coefficient (Wildman–Crippen LogP) is 14.8. The molecule has 0 unspecified atom stereocenters. The summed E-state index contributed by atoms with van der Waals surface area (Å²) in [6, 6.07) is 5.58. The summed E-state index contributed by atoms with van der Waals surface area (Å²) in [5.41, 5.74) is 0.780. The van der Waals surface area contributed by atoms with Crippen molar-refractivity contribution in [3.8, 4) is 0 Å². The number of unbranched alkanes of at least 4 members (excludes halogenated alkanes) is 30. The van der Waals surface area contributed by atoms with E-state index in [1.54, 1.807) is 6.08 Å². The fourth-order valence-corrected chi connectivity index (χ4v) is 7.53. The van der Waals surface area contributed by atoms with E-state index < -0.39 is 10.1 Å². The van der Waals surface area contributed by atoms with Crippen molar-refractivity contribution < 1.29 is 17.5 Å². The van der Waals surface area contributed by atoms with Crippen molar-refractivity contribution >= 4 is 16.2 Å². The Kier molecular flexibility index (Phi) is 35.0. The summed E-state index contributed by atoms with van der Waals surface area (Å²) >= 11 is 0. The lowest BCUT2D eigenvalue weighted by molar-refractivity contribution is -0.890. The molecule has 1 aromatic carbocycles. The van der Waals surface area contributed by atoms with Gasteiger partial charge in [-0.2, -0.15) is 0 Å². The molecular formula is C46H87NO3S. The smallest absolute Gasteiger partial charge is 0.124 e. The lowest BCUT2D eigenvalue weighted by Gasteiger charge is -2.30. The summed E-state index contributed by atoms with van der Waals surface area (Å²) < 4.78 is 32.6. The zero-order valence-corrected chi connectivity index (χ0v) is 35.5. The van der Waals surface area contributed by atoms with Crippen LogP contribution in [0.4, 0.5) is 0 Å². The molecule has 0 aliphatic heterocycles. The molecule has 51 heavy (non-hydrogen) atoms. The molecule has 0 fully saturated rings. The SMILES string of the molecule is C=Cc1ccc(S(=O)(=O)[O-])cc1.CCCCCCCCCCCCCCCCCC[N+](C)(C)CCCCCCCCCCCCCCCCCC. The maximum Gasteiger partial charge on any atom is 0.124 e. The standard InChI is InChI=1S/C38H80N.C8H8O3S/c1-5-7-9-11-13-15-17-19-21-23-25-27-29-31-33-35-37-39(3,4)38-36-34-32-30-28-26-24-22-20-18-16-14-12-10-8-6-2;1-2-7-3-5-8(6-4-7)12(9,10)11/h5-38H2,1-4H3;2-6H,1H2,(H,9,10,11)/q+1;/p-1. The van der Waals surface area contributed by atoms with Crippen LogP contribution >= 0.6 is 0 Å². The van der Waals surface area contributed by atoms with Crippen molar-refractivity contribution in [2.24, 2.45) is 0 Å². The first-order chi connectivity index (χ1) is 24.7. The van der Waals surface area contributed by atoms with Gasteiger partial charge in [0.05, 0.1) is 32.1 Å². The van der Waals surface area contributed by atoms with Crippen molar-refractivity contribution in [2.75, 3.05) is 27.2 Å². The van der Waals surface area contributed by atoms with Gasteiger partial charge in [-0.15, -0.1) is 0 Å². The third kappa shape index (κ3) is 35.6. The second-order valence-corrected chi connectivity index (χ2v) is 17.6. The van der Waals surface area contributed by atoms with E-state index in [0.29, 0.717) is 0 Å². The van der Waals surface area contributed by atoms with Crippen LogP contribution in [0, 0.1) is 0 Å². The van der Waals surface area contributed by atoms with E-state index in [-0.39, 0.29) is 4.90 Å². The van der Waals surface area contributed by atoms with Gasteiger partial charge in [0.1, 0.15) is 10.1 Å². The highest BCUT2D eigenvalue weighted by Gasteiger charge is 2.13. The largest absolute Gasteiger partial charge is 0.744 e. The molecule has 0 saturated carbocycles. The van der Waals surface area contributed by atoms with Crippen LogP contribution in [0.15, 0.2) is 35.7 Å². The van der Waals surface area contributed by atoms with Gasteiger partial charge in [-0.3, -0.25) is 0 Å². The van der Waals surface area contributed by atoms with Gasteiger partial charge in [0.15, 0.2) is 0 Å². The van der Waals surface area contributed by atoms with Crippen LogP contribution in [-0.2, 0) is 10.1 Å². The molecule has 0 spiro atoms. The van der Waals surface area contributed by atoms with Gasteiger partial charge in [-0.1, -0.05) is 218 Å². The minimum absolute atomic E-state index is 0.215. The topological polar surface area (TPSA) is 57.2 Å². The Hall–Kier alpha value is -1.17. The summed E-state index contributed by atoms with van der Waals surface area (Å²) in [4.78, 5) is -0.215. The quantitative estimate of drug-likeness (QED) is 0.0392. The molecule has 0 amide bonds. The molecule has 0 radical (unpaired) electrons. The Morgan fingerprint density at radius 2 is 0.706 bits per heavy atom. The zero-order valence-electron chi connectivity index (χ0n) is 34.7. The molecule has 0 bridgehead atoms. The van der Waals surface area contributed by atoms with Crippen molar-refractivity contribution in [3.63, 3.8) is 0 Å². The van der Waals surface area contributed by atoms with Gasteiger partial charge in [-0.25, -0.2) is 8.42 Å². The van der Waals surface area contributed by atoms with E-state index >= 15 is 0 Å². The summed E-state index contributed by atoms with van der Waals surface area (Å²) in [5, 5.41) is 0. The predicted molar refractivity (Wildman–Crippen MR) is 225 cm³/mol. The van der Waals surface area contributed by atoms with Crippen LogP contribution < -0.4 is 0 Å². The normalized spacial score (nSPS) is 11.8. The molecular weight excluding hydrogens is 647 g/mol. The molecule has 0 saturated heterocycles. The second kappa shape index (κ2) is 35.8. The van der Waals surface area contributed by atoms with E-state index in [2.05, 4.69) is 34.5 Å². The molecule has 300 valence electrons. The monoisotopic (exact) mass is 734 g/mol. The number of quaternary nitrogens is 1. The number of hydrogen-bond acceptors (Lipinski definition) is 3. The van der Waals surface area contributed by atoms with Gasteiger partial charge in [0.2, 0.25) is 0 Å². The molecule has 0 atom stereocenters. The molecule has 0 aliphatic rings. The number of benzene rings is 1. The van der Waals surface area contributed by atoms with Gasteiger partial charge in [-0.05, 0) is 43.4 Å². The average molecular weight is 734 g/mol. The first-order valence-corrected chi connectivity index (χ1v) is 23.6. The van der Waals surface area contributed by atoms with Gasteiger partial charge in [0, 0.05) is 0 Å². The molecule has 4 nitrogen and oxygen atoms in total. The lowest BCUT2D eigenvalue weighted by Crippen LogP contribution is -2.41. The van der Waals surface area contributed by atoms with Gasteiger partial charge in [0.25, 0.3) is 0 Å². The highest BCUT2D eigenvalue weighted by molar-refractivity contribution is 7.85. The van der Waals surface area contributed by atoms with E-state index in [0.717, 1.165) is 5.56 Å². The van der Waals surface area contributed by atoms with E-state index in [9.17, 15) is 13.0 Å². The molecule has 0 heterocycles. The molecule has 0 aliphatic carbocycles. The molecule has 0 aromatic heterocycles. The Morgan fingerprint density at radius 1 is 0.471 bits per heavy atom. The number of hydrogen-bond donors (Lipinski definition) is 0. The fourth-order valence-electron chi connectivity index (χ4n) is 7.06. The Labute approximate surface area is 320 Å². The summed E-state index contributed by atoms with van der Waals surface area (Å²) in [7, 11) is 0.625. The summed E-state index contributed by atoms with van der Waals surface area (Å²) in [6.45, 7) is 10.9. The van der Waals surface area contributed by atoms with Crippen molar-refractivity contribution in [3.05, 3.63) is 36.4 Å². The lowest BCUT2D eigenvalue weighted by atomic mass is 10.0. The average Bonchev–Trinajstić information content (AvgIpc) is 3.11. The second-order valence-electron chi connectivity index (χ2n) is 16.2. The maximum absolute atomic E-state index is 10.5. The third-order valence-corrected chi connectivity index (χ3v) is 11.5. The van der Waals surface area contributed by atoms with Crippen molar-refractivity contribution in [1.29, 1.82) is 0 Å². The Balaban J connectivity index is 0.00000174. The van der Waals surface area contributed by atoms with Crippen LogP contribution in [0.3, 0.4) is 0 Å². The fraction of sp³-hybridized carbons (Fsp3) is 0.826. The van der Waals surface area contributed by atoms with E-state index in [1.807, 2.05) is 0 Å². The first-order valence-electron chi connectivity index (χ1n) is 22.2. The number of rotatable bonds is 36. The highest BCUT2D eigenvalue weighted by atomic mass is 32.2. The highest BCUT2D eigenvalue weighted by Crippen LogP contribution is 2.17. The number of nitrogens with zero attached hydrogens (tertiary/aromatic N) is 1. The van der Waals surface area contributed by atoms with Crippen LogP contribution in [0.1, 0.15) is 225 Å².